The fourth-order valence-corrected chi connectivity index (χ4v) is 5.12. The second-order valence-electron chi connectivity index (χ2n) is 9.00. The van der Waals surface area contributed by atoms with Crippen LogP contribution in [0.5, 0.6) is 0 Å². The Morgan fingerprint density at radius 1 is 1.06 bits per heavy atom. The van der Waals surface area contributed by atoms with Crippen LogP contribution in [0.4, 0.5) is 13.2 Å². The Bertz CT molecular complexity index is 1190. The Balaban J connectivity index is 1.39. The number of fused-ring (bicyclic) bond motifs is 1. The number of carbonyl (C=O) groups is 3. The third-order valence-electron chi connectivity index (χ3n) is 6.91. The molecule has 3 aliphatic heterocycles. The van der Waals surface area contributed by atoms with Gasteiger partial charge in [0.15, 0.2) is 5.69 Å². The lowest BCUT2D eigenvalue weighted by molar-refractivity contribution is -0.168. The second kappa shape index (κ2) is 9.21. The van der Waals surface area contributed by atoms with Crippen LogP contribution in [0.25, 0.3) is 5.69 Å². The van der Waals surface area contributed by atoms with Crippen molar-refractivity contribution in [3.05, 3.63) is 46.8 Å². The van der Waals surface area contributed by atoms with E-state index >= 15 is 0 Å². The summed E-state index contributed by atoms with van der Waals surface area (Å²) in [6.45, 7) is 2.60. The standard InChI is InChI=1S/C23H25F3N6O4/c24-23(25,26)14-1-3-16(4-2-14)32-20-17(19(28-32)21(27)34)7-10-30(22(20)35)15-5-8-29(9-6-15)31-11-12-36-13-18(31)33/h1-4,15H,5-13H2,(H2,27,34). The number of amides is 3. The lowest BCUT2D eigenvalue weighted by Gasteiger charge is -2.44. The lowest BCUT2D eigenvalue weighted by atomic mass is 9.97. The first kappa shape index (κ1) is 24.3. The van der Waals surface area contributed by atoms with Crippen LogP contribution in [-0.2, 0) is 22.1 Å². The van der Waals surface area contributed by atoms with Gasteiger partial charge < -0.3 is 15.4 Å². The summed E-state index contributed by atoms with van der Waals surface area (Å²) in [4.78, 5) is 39.6. The fourth-order valence-electron chi connectivity index (χ4n) is 5.12. The van der Waals surface area contributed by atoms with Crippen molar-refractivity contribution in [3.63, 3.8) is 0 Å². The average molecular weight is 506 g/mol. The zero-order valence-corrected chi connectivity index (χ0v) is 19.3. The minimum atomic E-state index is -4.51. The maximum atomic E-state index is 13.6. The molecule has 0 saturated carbocycles. The number of alkyl halides is 3. The number of morpholine rings is 1. The largest absolute Gasteiger partial charge is 0.416 e. The third-order valence-corrected chi connectivity index (χ3v) is 6.91. The number of aromatic nitrogens is 2. The molecule has 2 aromatic rings. The highest BCUT2D eigenvalue weighted by molar-refractivity contribution is 6.01. The third kappa shape index (κ3) is 4.32. The number of primary amides is 1. The highest BCUT2D eigenvalue weighted by atomic mass is 19.4. The number of halogens is 3. The van der Waals surface area contributed by atoms with Gasteiger partial charge in [0.05, 0.1) is 24.4 Å². The summed E-state index contributed by atoms with van der Waals surface area (Å²) in [6, 6.07) is 4.14. The van der Waals surface area contributed by atoms with E-state index in [2.05, 4.69) is 5.10 Å². The molecule has 4 heterocycles. The molecule has 0 aliphatic carbocycles. The molecule has 36 heavy (non-hydrogen) atoms. The lowest BCUT2D eigenvalue weighted by Crippen LogP contribution is -2.57. The van der Waals surface area contributed by atoms with E-state index in [1.54, 1.807) is 9.91 Å². The molecule has 1 aromatic heterocycles. The highest BCUT2D eigenvalue weighted by Crippen LogP contribution is 2.32. The summed E-state index contributed by atoms with van der Waals surface area (Å²) in [5, 5.41) is 7.90. The number of hydrogen-bond acceptors (Lipinski definition) is 6. The summed E-state index contributed by atoms with van der Waals surface area (Å²) in [7, 11) is 0. The SMILES string of the molecule is NC(=O)c1nn(-c2ccc(C(F)(F)F)cc2)c2c1CCN(C1CCN(N3CCOCC3=O)CC1)C2=O. The van der Waals surface area contributed by atoms with E-state index in [0.29, 0.717) is 57.6 Å². The summed E-state index contributed by atoms with van der Waals surface area (Å²) in [5.74, 6) is -1.24. The molecule has 2 saturated heterocycles. The average Bonchev–Trinajstić information content (AvgIpc) is 3.25. The molecule has 0 bridgehead atoms. The van der Waals surface area contributed by atoms with Gasteiger partial charge in [0.1, 0.15) is 12.3 Å². The van der Waals surface area contributed by atoms with Gasteiger partial charge in [0.2, 0.25) is 0 Å². The Kier molecular flexibility index (Phi) is 6.20. The number of benzene rings is 1. The van der Waals surface area contributed by atoms with Crippen LogP contribution < -0.4 is 5.73 Å². The number of ether oxygens (including phenoxy) is 1. The van der Waals surface area contributed by atoms with Crippen LogP contribution in [0.2, 0.25) is 0 Å². The number of hydrogen-bond donors (Lipinski definition) is 1. The topological polar surface area (TPSA) is 114 Å². The summed E-state index contributed by atoms with van der Waals surface area (Å²) >= 11 is 0. The molecule has 3 amide bonds. The fraction of sp³-hybridized carbons (Fsp3) is 0.478. The first-order valence-corrected chi connectivity index (χ1v) is 11.7. The van der Waals surface area contributed by atoms with E-state index in [1.165, 1.54) is 16.8 Å². The molecular weight excluding hydrogens is 481 g/mol. The first-order valence-electron chi connectivity index (χ1n) is 11.7. The smallest absolute Gasteiger partial charge is 0.370 e. The number of carbonyl (C=O) groups excluding carboxylic acids is 3. The monoisotopic (exact) mass is 506 g/mol. The van der Waals surface area contributed by atoms with E-state index < -0.39 is 17.6 Å². The van der Waals surface area contributed by atoms with Crippen molar-refractivity contribution < 1.29 is 32.3 Å². The molecule has 2 fully saturated rings. The van der Waals surface area contributed by atoms with E-state index in [1.807, 2.05) is 5.01 Å². The molecule has 2 N–H and O–H groups in total. The summed E-state index contributed by atoms with van der Waals surface area (Å²) < 4.78 is 45.5. The van der Waals surface area contributed by atoms with Gasteiger partial charge in [-0.15, -0.1) is 0 Å². The minimum absolute atomic E-state index is 0.0569. The minimum Gasteiger partial charge on any atom is -0.370 e. The normalized spacial score (nSPS) is 20.1. The number of nitrogens with zero attached hydrogens (tertiary/aromatic N) is 5. The molecule has 192 valence electrons. The van der Waals surface area contributed by atoms with Crippen molar-refractivity contribution in [2.45, 2.75) is 31.5 Å². The van der Waals surface area contributed by atoms with E-state index in [9.17, 15) is 27.6 Å². The van der Waals surface area contributed by atoms with E-state index in [0.717, 1.165) is 12.1 Å². The Morgan fingerprint density at radius 3 is 2.36 bits per heavy atom. The van der Waals surface area contributed by atoms with Crippen molar-refractivity contribution in [2.75, 3.05) is 39.4 Å². The van der Waals surface area contributed by atoms with Gasteiger partial charge in [-0.2, -0.15) is 18.3 Å². The Hall–Kier alpha value is -3.45. The number of piperidine rings is 1. The zero-order chi connectivity index (χ0) is 25.6. The van der Waals surface area contributed by atoms with Crippen molar-refractivity contribution in [1.29, 1.82) is 0 Å². The van der Waals surface area contributed by atoms with Crippen molar-refractivity contribution in [1.82, 2.24) is 24.7 Å². The van der Waals surface area contributed by atoms with Crippen LogP contribution in [0.15, 0.2) is 24.3 Å². The first-order chi connectivity index (χ1) is 17.1. The van der Waals surface area contributed by atoms with Crippen LogP contribution in [0.3, 0.4) is 0 Å². The molecular formula is C23H25F3N6O4. The molecule has 0 radical (unpaired) electrons. The molecule has 5 rings (SSSR count). The van der Waals surface area contributed by atoms with E-state index in [-0.39, 0.29) is 41.5 Å². The van der Waals surface area contributed by atoms with Gasteiger partial charge >= 0.3 is 6.18 Å². The van der Waals surface area contributed by atoms with Crippen LogP contribution >= 0.6 is 0 Å². The number of nitrogens with two attached hydrogens (primary N) is 1. The number of rotatable bonds is 4. The van der Waals surface area contributed by atoms with Gasteiger partial charge in [0, 0.05) is 31.2 Å². The van der Waals surface area contributed by atoms with Crippen molar-refractivity contribution in [3.8, 4) is 5.69 Å². The predicted molar refractivity (Wildman–Crippen MR) is 119 cm³/mol. The molecule has 0 spiro atoms. The quantitative estimate of drug-likeness (QED) is 0.667. The molecule has 0 unspecified atom stereocenters. The van der Waals surface area contributed by atoms with Crippen LogP contribution in [0.1, 0.15) is 44.9 Å². The molecule has 0 atom stereocenters. The maximum Gasteiger partial charge on any atom is 0.416 e. The highest BCUT2D eigenvalue weighted by Gasteiger charge is 2.39. The van der Waals surface area contributed by atoms with Crippen LogP contribution in [-0.4, -0.2) is 87.9 Å². The molecule has 1 aromatic carbocycles. The summed E-state index contributed by atoms with van der Waals surface area (Å²) in [5.41, 5.74) is 5.37. The van der Waals surface area contributed by atoms with Crippen LogP contribution in [0, 0.1) is 0 Å². The maximum absolute atomic E-state index is 13.6. The van der Waals surface area contributed by atoms with Gasteiger partial charge in [-0.25, -0.2) is 9.69 Å². The van der Waals surface area contributed by atoms with Crippen molar-refractivity contribution in [2.24, 2.45) is 5.73 Å². The van der Waals surface area contributed by atoms with Gasteiger partial charge in [-0.3, -0.25) is 19.4 Å². The van der Waals surface area contributed by atoms with Gasteiger partial charge in [-0.1, -0.05) is 0 Å². The Labute approximate surface area is 204 Å². The predicted octanol–water partition coefficient (Wildman–Crippen LogP) is 1.23. The Morgan fingerprint density at radius 2 is 1.75 bits per heavy atom. The summed E-state index contributed by atoms with van der Waals surface area (Å²) in [6.07, 6.45) is -2.87. The molecule has 10 nitrogen and oxygen atoms in total. The van der Waals surface area contributed by atoms with Gasteiger partial charge in [0.25, 0.3) is 17.7 Å². The van der Waals surface area contributed by atoms with Gasteiger partial charge in [-0.05, 0) is 43.5 Å². The van der Waals surface area contributed by atoms with Crippen molar-refractivity contribution >= 4 is 17.7 Å². The molecule has 3 aliphatic rings. The second-order valence-corrected chi connectivity index (χ2v) is 9.00. The molecule has 13 heteroatoms. The van der Waals surface area contributed by atoms with E-state index in [4.69, 9.17) is 10.5 Å². The zero-order valence-electron chi connectivity index (χ0n) is 19.3. The number of hydrazine groups is 1.